The van der Waals surface area contributed by atoms with Crippen LogP contribution in [0.3, 0.4) is 0 Å². The van der Waals surface area contributed by atoms with Gasteiger partial charge in [-0.15, -0.1) is 0 Å². The molecule has 2 aromatic rings. The van der Waals surface area contributed by atoms with Gasteiger partial charge in [0.2, 0.25) is 10.0 Å². The average molecular weight is 389 g/mol. The minimum atomic E-state index is -3.71. The fraction of sp³-hybridized carbons (Fsp3) is 0.350. The second-order valence-electron chi connectivity index (χ2n) is 6.58. The Kier molecular flexibility index (Phi) is 6.26. The highest BCUT2D eigenvalue weighted by Gasteiger charge is 2.21. The lowest BCUT2D eigenvalue weighted by Gasteiger charge is -2.12. The van der Waals surface area contributed by atoms with Crippen LogP contribution in [-0.4, -0.2) is 33.6 Å². The van der Waals surface area contributed by atoms with E-state index in [4.69, 9.17) is 9.47 Å². The molecule has 144 valence electrons. The fourth-order valence-corrected chi connectivity index (χ4v) is 3.91. The number of hydrogen-bond donors (Lipinski definition) is 1. The van der Waals surface area contributed by atoms with E-state index in [1.165, 1.54) is 24.3 Å². The molecule has 0 radical (unpaired) electrons. The smallest absolute Gasteiger partial charge is 0.338 e. The lowest BCUT2D eigenvalue weighted by molar-refractivity contribution is 0.0472. The first-order chi connectivity index (χ1) is 12.9. The van der Waals surface area contributed by atoms with E-state index in [0.717, 1.165) is 24.0 Å². The van der Waals surface area contributed by atoms with Crippen LogP contribution in [0.5, 0.6) is 0 Å². The summed E-state index contributed by atoms with van der Waals surface area (Å²) in [4.78, 5) is 12.3. The Morgan fingerprint density at radius 1 is 1.22 bits per heavy atom. The van der Waals surface area contributed by atoms with E-state index < -0.39 is 16.0 Å². The molecule has 0 aromatic heterocycles. The predicted octanol–water partition coefficient (Wildman–Crippen LogP) is 2.81. The largest absolute Gasteiger partial charge is 0.457 e. The van der Waals surface area contributed by atoms with Crippen molar-refractivity contribution in [3.05, 3.63) is 65.2 Å². The maximum atomic E-state index is 12.5. The monoisotopic (exact) mass is 389 g/mol. The molecule has 0 amide bonds. The molecule has 1 aliphatic rings. The van der Waals surface area contributed by atoms with Crippen molar-refractivity contribution >= 4 is 16.0 Å². The van der Waals surface area contributed by atoms with E-state index in [1.807, 2.05) is 31.2 Å². The Bertz CT molecular complexity index is 887. The Morgan fingerprint density at radius 2 is 2.00 bits per heavy atom. The third-order valence-electron chi connectivity index (χ3n) is 4.40. The fourth-order valence-electron chi connectivity index (χ4n) is 2.80. The molecular formula is C20H23NO5S. The van der Waals surface area contributed by atoms with E-state index in [1.54, 1.807) is 0 Å². The number of esters is 1. The summed E-state index contributed by atoms with van der Waals surface area (Å²) < 4.78 is 38.2. The van der Waals surface area contributed by atoms with Crippen molar-refractivity contribution in [2.75, 3.05) is 13.2 Å². The summed E-state index contributed by atoms with van der Waals surface area (Å²) >= 11 is 0. The van der Waals surface area contributed by atoms with Crippen LogP contribution in [0.4, 0.5) is 0 Å². The highest BCUT2D eigenvalue weighted by molar-refractivity contribution is 7.89. The van der Waals surface area contributed by atoms with Gasteiger partial charge in [-0.1, -0.05) is 35.9 Å². The van der Waals surface area contributed by atoms with Crippen molar-refractivity contribution in [2.24, 2.45) is 0 Å². The van der Waals surface area contributed by atoms with Crippen molar-refractivity contribution in [3.8, 4) is 0 Å². The second kappa shape index (κ2) is 8.65. The van der Waals surface area contributed by atoms with Crippen LogP contribution >= 0.6 is 0 Å². The number of aryl methyl sites for hydroxylation is 1. The summed E-state index contributed by atoms with van der Waals surface area (Å²) in [5.74, 6) is -0.563. The van der Waals surface area contributed by atoms with Gasteiger partial charge in [-0.3, -0.25) is 0 Å². The van der Waals surface area contributed by atoms with Gasteiger partial charge in [0.25, 0.3) is 0 Å². The summed E-state index contributed by atoms with van der Waals surface area (Å²) in [6.45, 7) is 3.00. The van der Waals surface area contributed by atoms with E-state index in [-0.39, 0.29) is 29.7 Å². The quantitative estimate of drug-likeness (QED) is 0.737. The Morgan fingerprint density at radius 3 is 2.70 bits per heavy atom. The molecule has 2 aromatic carbocycles. The van der Waals surface area contributed by atoms with Gasteiger partial charge < -0.3 is 9.47 Å². The zero-order chi connectivity index (χ0) is 19.3. The maximum absolute atomic E-state index is 12.5. The molecule has 0 saturated carbocycles. The molecule has 0 spiro atoms. The normalized spacial score (nSPS) is 17.0. The number of ether oxygens (including phenoxy) is 2. The van der Waals surface area contributed by atoms with Gasteiger partial charge in [0, 0.05) is 13.2 Å². The topological polar surface area (TPSA) is 81.7 Å². The van der Waals surface area contributed by atoms with E-state index in [2.05, 4.69) is 4.72 Å². The third-order valence-corrected chi connectivity index (χ3v) is 5.82. The number of sulfonamides is 1. The van der Waals surface area contributed by atoms with Crippen LogP contribution in [0.25, 0.3) is 0 Å². The Hall–Kier alpha value is -2.22. The molecule has 7 heteroatoms. The van der Waals surface area contributed by atoms with Gasteiger partial charge in [-0.05, 0) is 43.5 Å². The molecule has 0 bridgehead atoms. The van der Waals surface area contributed by atoms with Gasteiger partial charge in [0.15, 0.2) is 0 Å². The second-order valence-corrected chi connectivity index (χ2v) is 8.34. The first-order valence-corrected chi connectivity index (χ1v) is 10.4. The lowest BCUT2D eigenvalue weighted by Crippen LogP contribution is -2.31. The van der Waals surface area contributed by atoms with E-state index >= 15 is 0 Å². The van der Waals surface area contributed by atoms with Crippen molar-refractivity contribution in [3.63, 3.8) is 0 Å². The first-order valence-electron chi connectivity index (χ1n) is 8.88. The van der Waals surface area contributed by atoms with Crippen LogP contribution in [0.1, 0.15) is 34.3 Å². The van der Waals surface area contributed by atoms with Crippen molar-refractivity contribution < 1.29 is 22.7 Å². The molecule has 0 aliphatic carbocycles. The van der Waals surface area contributed by atoms with Gasteiger partial charge >= 0.3 is 5.97 Å². The molecule has 27 heavy (non-hydrogen) atoms. The highest BCUT2D eigenvalue weighted by Crippen LogP contribution is 2.15. The van der Waals surface area contributed by atoms with E-state index in [9.17, 15) is 13.2 Å². The average Bonchev–Trinajstić information content (AvgIpc) is 3.20. The summed E-state index contributed by atoms with van der Waals surface area (Å²) in [6, 6.07) is 13.5. The Labute approximate surface area is 159 Å². The molecule has 6 nitrogen and oxygen atoms in total. The molecule has 1 atom stereocenters. The molecule has 3 rings (SSSR count). The van der Waals surface area contributed by atoms with Crippen LogP contribution in [0.15, 0.2) is 53.4 Å². The third kappa shape index (κ3) is 5.38. The van der Waals surface area contributed by atoms with E-state index in [0.29, 0.717) is 6.61 Å². The molecule has 1 fully saturated rings. The molecule has 1 saturated heterocycles. The van der Waals surface area contributed by atoms with Gasteiger partial charge in [-0.25, -0.2) is 17.9 Å². The summed E-state index contributed by atoms with van der Waals surface area (Å²) in [7, 11) is -3.71. The summed E-state index contributed by atoms with van der Waals surface area (Å²) in [5.41, 5.74) is 2.19. The van der Waals surface area contributed by atoms with Crippen LogP contribution < -0.4 is 4.72 Å². The standard InChI is InChI=1S/C20H23NO5S/c1-15-7-9-16(10-8-15)14-26-20(22)17-4-2-6-19(12-17)27(23,24)21-13-18-5-3-11-25-18/h2,4,6-10,12,18,21H,3,5,11,13-14H2,1H3/t18-/m0/s1. The minimum Gasteiger partial charge on any atom is -0.457 e. The Balaban J connectivity index is 1.62. The molecule has 1 heterocycles. The highest BCUT2D eigenvalue weighted by atomic mass is 32.2. The number of nitrogens with one attached hydrogen (secondary N) is 1. The van der Waals surface area contributed by atoms with Gasteiger partial charge in [0.1, 0.15) is 6.61 Å². The minimum absolute atomic E-state index is 0.0327. The van der Waals surface area contributed by atoms with Crippen molar-refractivity contribution in [1.82, 2.24) is 4.72 Å². The maximum Gasteiger partial charge on any atom is 0.338 e. The number of benzene rings is 2. The lowest BCUT2D eigenvalue weighted by atomic mass is 10.2. The molecular weight excluding hydrogens is 366 g/mol. The van der Waals surface area contributed by atoms with Crippen molar-refractivity contribution in [2.45, 2.75) is 37.4 Å². The van der Waals surface area contributed by atoms with Crippen LogP contribution in [0.2, 0.25) is 0 Å². The number of rotatable bonds is 7. The number of carbonyl (C=O) groups is 1. The zero-order valence-corrected chi connectivity index (χ0v) is 16.0. The van der Waals surface area contributed by atoms with Crippen molar-refractivity contribution in [1.29, 1.82) is 0 Å². The summed E-state index contributed by atoms with van der Waals surface area (Å²) in [5, 5.41) is 0. The summed E-state index contributed by atoms with van der Waals surface area (Å²) in [6.07, 6.45) is 1.69. The van der Waals surface area contributed by atoms with Crippen LogP contribution in [-0.2, 0) is 26.1 Å². The molecule has 1 aliphatic heterocycles. The molecule has 1 N–H and O–H groups in total. The number of hydrogen-bond acceptors (Lipinski definition) is 5. The zero-order valence-electron chi connectivity index (χ0n) is 15.2. The van der Waals surface area contributed by atoms with Gasteiger partial charge in [-0.2, -0.15) is 0 Å². The van der Waals surface area contributed by atoms with Gasteiger partial charge in [0.05, 0.1) is 16.6 Å². The SMILES string of the molecule is Cc1ccc(COC(=O)c2cccc(S(=O)(=O)NC[C@@H]3CCCO3)c2)cc1. The first kappa shape index (κ1) is 19.5. The predicted molar refractivity (Wildman–Crippen MR) is 101 cm³/mol. The van der Waals surface area contributed by atoms with Crippen LogP contribution in [0, 0.1) is 6.92 Å². The molecule has 0 unspecified atom stereocenters. The number of carbonyl (C=O) groups excluding carboxylic acids is 1.